The molecule has 206 valence electrons. The summed E-state index contributed by atoms with van der Waals surface area (Å²) in [4.78, 5) is 30.8. The van der Waals surface area contributed by atoms with Gasteiger partial charge in [0.25, 0.3) is 0 Å². The van der Waals surface area contributed by atoms with Gasteiger partial charge in [-0.3, -0.25) is 9.36 Å². The fourth-order valence-electron chi connectivity index (χ4n) is 5.04. The molecular formula is C29H39N3O5S. The molecule has 3 N–H and O–H groups in total. The lowest BCUT2D eigenvalue weighted by molar-refractivity contribution is -0.151. The van der Waals surface area contributed by atoms with Crippen LogP contribution in [0.2, 0.25) is 0 Å². The van der Waals surface area contributed by atoms with Crippen molar-refractivity contribution in [3.8, 4) is 10.4 Å². The van der Waals surface area contributed by atoms with Gasteiger partial charge in [0.05, 0.1) is 22.9 Å². The Balaban J connectivity index is 1.54. The van der Waals surface area contributed by atoms with Gasteiger partial charge in [-0.15, -0.1) is 11.3 Å². The number of fused-ring (bicyclic) bond motifs is 1. The lowest BCUT2D eigenvalue weighted by atomic mass is 9.74. The molecule has 1 fully saturated rings. The Bertz CT molecular complexity index is 1300. The van der Waals surface area contributed by atoms with Crippen LogP contribution in [0.15, 0.2) is 30.6 Å². The summed E-state index contributed by atoms with van der Waals surface area (Å²) in [5.74, 6) is -0.226. The highest BCUT2D eigenvalue weighted by Crippen LogP contribution is 2.44. The third-order valence-corrected chi connectivity index (χ3v) is 8.48. The number of carbonyl (C=O) groups is 2. The predicted molar refractivity (Wildman–Crippen MR) is 150 cm³/mol. The molecule has 0 spiro atoms. The molecular weight excluding hydrogens is 502 g/mol. The molecule has 9 heteroatoms. The average molecular weight is 542 g/mol. The zero-order valence-corrected chi connectivity index (χ0v) is 23.8. The Morgan fingerprint density at radius 2 is 1.89 bits per heavy atom. The Morgan fingerprint density at radius 1 is 1.18 bits per heavy atom. The number of hydrogen-bond donors (Lipinski definition) is 2. The second kappa shape index (κ2) is 11.1. The SMILES string of the molecule is CCCCOC(=O)C1CCC([C@@](C)(O)c2ncc(-c3cn(C(=O)OC(C)(C)C)c4cc(N)ccc34)s2)CC1. The number of anilines is 1. The lowest BCUT2D eigenvalue weighted by Gasteiger charge is -2.36. The van der Waals surface area contributed by atoms with Crippen LogP contribution < -0.4 is 5.73 Å². The number of nitrogen functional groups attached to an aromatic ring is 1. The largest absolute Gasteiger partial charge is 0.465 e. The first kappa shape index (κ1) is 28.1. The zero-order chi connectivity index (χ0) is 27.7. The maximum atomic E-state index is 13.0. The molecule has 0 saturated heterocycles. The standard InChI is InChI=1S/C29H39N3O5S/c1-6-7-14-36-25(33)18-8-10-19(11-9-18)29(5,35)26-31-16-24(38-26)22-17-32(27(34)37-28(2,3)4)23-15-20(30)12-13-21(22)23/h12-13,15-19,35H,6-11,14,30H2,1-5H3/t18?,19?,29-/m1/s1. The van der Waals surface area contributed by atoms with Crippen molar-refractivity contribution in [2.75, 3.05) is 12.3 Å². The van der Waals surface area contributed by atoms with Gasteiger partial charge >= 0.3 is 12.1 Å². The molecule has 2 heterocycles. The van der Waals surface area contributed by atoms with Crippen LogP contribution in [0.25, 0.3) is 21.3 Å². The van der Waals surface area contributed by atoms with Crippen LogP contribution in [0, 0.1) is 11.8 Å². The molecule has 0 aliphatic heterocycles. The van der Waals surface area contributed by atoms with E-state index in [2.05, 4.69) is 11.9 Å². The second-order valence-electron chi connectivity index (χ2n) is 11.4. The molecule has 1 aromatic carbocycles. The van der Waals surface area contributed by atoms with Crippen molar-refractivity contribution >= 4 is 40.0 Å². The van der Waals surface area contributed by atoms with Crippen molar-refractivity contribution < 1.29 is 24.2 Å². The summed E-state index contributed by atoms with van der Waals surface area (Å²) in [7, 11) is 0. The zero-order valence-electron chi connectivity index (χ0n) is 23.0. The number of benzene rings is 1. The molecule has 0 radical (unpaired) electrons. The third-order valence-electron chi connectivity index (χ3n) is 7.22. The number of nitrogens with zero attached hydrogens (tertiary/aromatic N) is 2. The van der Waals surface area contributed by atoms with Gasteiger partial charge < -0.3 is 20.3 Å². The summed E-state index contributed by atoms with van der Waals surface area (Å²) in [5.41, 5.74) is 6.28. The number of rotatable bonds is 7. The fourth-order valence-corrected chi connectivity index (χ4v) is 6.10. The first-order chi connectivity index (χ1) is 17.9. The summed E-state index contributed by atoms with van der Waals surface area (Å²) >= 11 is 1.42. The van der Waals surface area contributed by atoms with Crippen molar-refractivity contribution in [3.05, 3.63) is 35.6 Å². The van der Waals surface area contributed by atoms with E-state index in [-0.39, 0.29) is 17.8 Å². The van der Waals surface area contributed by atoms with Crippen molar-refractivity contribution in [3.63, 3.8) is 0 Å². The van der Waals surface area contributed by atoms with Crippen molar-refractivity contribution in [1.82, 2.24) is 9.55 Å². The van der Waals surface area contributed by atoms with Gasteiger partial charge in [0.2, 0.25) is 0 Å². The predicted octanol–water partition coefficient (Wildman–Crippen LogP) is 6.49. The van der Waals surface area contributed by atoms with E-state index in [0.29, 0.717) is 35.7 Å². The maximum absolute atomic E-state index is 13.0. The van der Waals surface area contributed by atoms with E-state index in [9.17, 15) is 14.7 Å². The van der Waals surface area contributed by atoms with Crippen LogP contribution in [-0.4, -0.2) is 38.9 Å². The number of ether oxygens (including phenoxy) is 2. The summed E-state index contributed by atoms with van der Waals surface area (Å²) in [5, 5.41) is 13.0. The number of thiazole rings is 1. The molecule has 4 rings (SSSR count). The molecule has 1 aliphatic rings. The van der Waals surface area contributed by atoms with E-state index in [0.717, 1.165) is 41.5 Å². The minimum absolute atomic E-state index is 0.0101. The molecule has 1 atom stereocenters. The highest BCUT2D eigenvalue weighted by atomic mass is 32.1. The van der Waals surface area contributed by atoms with Crippen molar-refractivity contribution in [2.24, 2.45) is 11.8 Å². The van der Waals surface area contributed by atoms with E-state index in [1.807, 2.05) is 33.8 Å². The monoisotopic (exact) mass is 541 g/mol. The van der Waals surface area contributed by atoms with Gasteiger partial charge in [-0.25, -0.2) is 9.78 Å². The van der Waals surface area contributed by atoms with E-state index in [4.69, 9.17) is 15.2 Å². The van der Waals surface area contributed by atoms with Crippen LogP contribution >= 0.6 is 11.3 Å². The van der Waals surface area contributed by atoms with E-state index in [1.54, 1.807) is 24.5 Å². The highest BCUT2D eigenvalue weighted by molar-refractivity contribution is 7.15. The van der Waals surface area contributed by atoms with Gasteiger partial charge in [0.1, 0.15) is 16.2 Å². The average Bonchev–Trinajstić information content (AvgIpc) is 3.48. The van der Waals surface area contributed by atoms with Crippen LogP contribution in [0.4, 0.5) is 10.5 Å². The van der Waals surface area contributed by atoms with E-state index < -0.39 is 17.3 Å². The molecule has 1 aliphatic carbocycles. The van der Waals surface area contributed by atoms with Crippen LogP contribution in [0.5, 0.6) is 0 Å². The topological polar surface area (TPSA) is 117 Å². The van der Waals surface area contributed by atoms with Gasteiger partial charge in [-0.1, -0.05) is 19.4 Å². The number of carbonyl (C=O) groups excluding carboxylic acids is 2. The quantitative estimate of drug-likeness (QED) is 0.199. The van der Waals surface area contributed by atoms with Crippen LogP contribution in [0.3, 0.4) is 0 Å². The Morgan fingerprint density at radius 3 is 2.55 bits per heavy atom. The molecule has 38 heavy (non-hydrogen) atoms. The van der Waals surface area contributed by atoms with Gasteiger partial charge in [-0.2, -0.15) is 0 Å². The fraction of sp³-hybridized carbons (Fsp3) is 0.552. The van der Waals surface area contributed by atoms with E-state index >= 15 is 0 Å². The number of aliphatic hydroxyl groups is 1. The van der Waals surface area contributed by atoms with Gasteiger partial charge in [0.15, 0.2) is 0 Å². The summed E-state index contributed by atoms with van der Waals surface area (Å²) in [6.07, 6.45) is 7.75. The number of aromatic nitrogens is 2. The highest BCUT2D eigenvalue weighted by Gasteiger charge is 2.40. The number of hydrogen-bond acceptors (Lipinski definition) is 8. The lowest BCUT2D eigenvalue weighted by Crippen LogP contribution is -2.36. The summed E-state index contributed by atoms with van der Waals surface area (Å²) in [6, 6.07) is 5.45. The minimum atomic E-state index is -1.13. The Hall–Kier alpha value is -2.91. The molecule has 0 amide bonds. The smallest absolute Gasteiger partial charge is 0.419 e. The maximum Gasteiger partial charge on any atom is 0.419 e. The molecule has 0 bridgehead atoms. The minimum Gasteiger partial charge on any atom is -0.465 e. The molecule has 3 aromatic rings. The number of nitrogens with two attached hydrogens (primary N) is 1. The normalized spacial score (nSPS) is 19.7. The number of unbranched alkanes of at least 4 members (excludes halogenated alkanes) is 1. The van der Waals surface area contributed by atoms with E-state index in [1.165, 1.54) is 15.9 Å². The van der Waals surface area contributed by atoms with Crippen LogP contribution in [-0.2, 0) is 19.9 Å². The molecule has 0 unspecified atom stereocenters. The second-order valence-corrected chi connectivity index (χ2v) is 12.4. The first-order valence-electron chi connectivity index (χ1n) is 13.4. The third kappa shape index (κ3) is 6.04. The summed E-state index contributed by atoms with van der Waals surface area (Å²) < 4.78 is 12.5. The van der Waals surface area contributed by atoms with Crippen molar-refractivity contribution in [1.29, 1.82) is 0 Å². The van der Waals surface area contributed by atoms with Crippen molar-refractivity contribution in [2.45, 2.75) is 84.3 Å². The Kier molecular flexibility index (Phi) is 8.18. The number of esters is 1. The van der Waals surface area contributed by atoms with Gasteiger partial charge in [0, 0.05) is 29.0 Å². The molecule has 1 saturated carbocycles. The van der Waals surface area contributed by atoms with Gasteiger partial charge in [-0.05, 0) is 77.8 Å². The first-order valence-corrected chi connectivity index (χ1v) is 14.2. The summed E-state index contributed by atoms with van der Waals surface area (Å²) in [6.45, 7) is 9.83. The molecule has 8 nitrogen and oxygen atoms in total. The Labute approximate surface area is 228 Å². The molecule has 2 aromatic heterocycles. The van der Waals surface area contributed by atoms with Crippen LogP contribution in [0.1, 0.15) is 78.2 Å².